The van der Waals surface area contributed by atoms with Gasteiger partial charge in [0, 0.05) is 11.1 Å². The highest BCUT2D eigenvalue weighted by molar-refractivity contribution is 7.89. The van der Waals surface area contributed by atoms with Gasteiger partial charge in [-0.3, -0.25) is 4.98 Å². The van der Waals surface area contributed by atoms with Crippen LogP contribution in [-0.4, -0.2) is 20.5 Å². The number of hydrogen-bond acceptors (Lipinski definition) is 6. The second-order valence-electron chi connectivity index (χ2n) is 4.18. The van der Waals surface area contributed by atoms with Crippen LogP contribution in [-0.2, 0) is 10.0 Å². The second-order valence-corrected chi connectivity index (χ2v) is 6.66. The van der Waals surface area contributed by atoms with E-state index in [4.69, 9.17) is 9.88 Å². The summed E-state index contributed by atoms with van der Waals surface area (Å²) in [5.74, 6) is 0.550. The molecule has 0 bridgehead atoms. The third-order valence-corrected chi connectivity index (χ3v) is 4.62. The molecular weight excluding hydrogens is 298 g/mol. The number of primary sulfonamides is 1. The molecule has 108 valence electrons. The van der Waals surface area contributed by atoms with Crippen LogP contribution in [0, 0.1) is 0 Å². The summed E-state index contributed by atoms with van der Waals surface area (Å²) >= 11 is 1.52. The molecule has 0 aliphatic rings. The van der Waals surface area contributed by atoms with Crippen molar-refractivity contribution in [3.8, 4) is 5.75 Å². The van der Waals surface area contributed by atoms with Gasteiger partial charge in [0.1, 0.15) is 5.75 Å². The molecule has 0 saturated heterocycles. The van der Waals surface area contributed by atoms with Crippen LogP contribution in [0.4, 0.5) is 5.69 Å². The SMILES string of the molecule is COc1ccc(S(N)(=O)=O)cc1NC(C)c1cncs1. The fourth-order valence-corrected chi connectivity index (χ4v) is 2.89. The number of nitrogens with zero attached hydrogens (tertiary/aromatic N) is 1. The number of aromatic nitrogens is 1. The second kappa shape index (κ2) is 5.78. The molecule has 1 atom stereocenters. The zero-order chi connectivity index (χ0) is 14.8. The van der Waals surface area contributed by atoms with Crippen LogP contribution in [0.25, 0.3) is 0 Å². The van der Waals surface area contributed by atoms with Crippen molar-refractivity contribution >= 4 is 27.0 Å². The molecule has 2 rings (SSSR count). The molecule has 0 aliphatic carbocycles. The summed E-state index contributed by atoms with van der Waals surface area (Å²) < 4.78 is 28.0. The summed E-state index contributed by atoms with van der Waals surface area (Å²) in [4.78, 5) is 5.09. The van der Waals surface area contributed by atoms with Crippen LogP contribution in [0.3, 0.4) is 0 Å². The van der Waals surface area contributed by atoms with Gasteiger partial charge in [-0.1, -0.05) is 0 Å². The molecule has 2 aromatic rings. The molecule has 0 saturated carbocycles. The Labute approximate surface area is 121 Å². The van der Waals surface area contributed by atoms with E-state index in [1.807, 2.05) is 6.92 Å². The maximum Gasteiger partial charge on any atom is 0.238 e. The van der Waals surface area contributed by atoms with Crippen molar-refractivity contribution in [2.24, 2.45) is 5.14 Å². The fourth-order valence-electron chi connectivity index (χ4n) is 1.72. The quantitative estimate of drug-likeness (QED) is 0.880. The van der Waals surface area contributed by atoms with Crippen molar-refractivity contribution < 1.29 is 13.2 Å². The van der Waals surface area contributed by atoms with Crippen LogP contribution >= 0.6 is 11.3 Å². The molecule has 0 radical (unpaired) electrons. The molecular formula is C12H15N3O3S2. The van der Waals surface area contributed by atoms with Gasteiger partial charge in [-0.15, -0.1) is 11.3 Å². The normalized spacial score (nSPS) is 12.9. The highest BCUT2D eigenvalue weighted by atomic mass is 32.2. The van der Waals surface area contributed by atoms with E-state index < -0.39 is 10.0 Å². The largest absolute Gasteiger partial charge is 0.495 e. The minimum atomic E-state index is -3.75. The topological polar surface area (TPSA) is 94.3 Å². The number of nitrogens with one attached hydrogen (secondary N) is 1. The zero-order valence-electron chi connectivity index (χ0n) is 11.0. The van der Waals surface area contributed by atoms with Gasteiger partial charge in [0.2, 0.25) is 10.0 Å². The minimum absolute atomic E-state index is 0.0212. The first-order valence-corrected chi connectivity index (χ1v) is 8.20. The maximum atomic E-state index is 11.4. The Hall–Kier alpha value is -1.64. The lowest BCUT2D eigenvalue weighted by Crippen LogP contribution is -2.13. The average molecular weight is 313 g/mol. The summed E-state index contributed by atoms with van der Waals surface area (Å²) in [6.07, 6.45) is 1.76. The molecule has 6 nitrogen and oxygen atoms in total. The fraction of sp³-hybridized carbons (Fsp3) is 0.250. The van der Waals surface area contributed by atoms with E-state index in [2.05, 4.69) is 10.3 Å². The third kappa shape index (κ3) is 3.27. The Morgan fingerprint density at radius 2 is 2.20 bits per heavy atom. The van der Waals surface area contributed by atoms with Gasteiger partial charge in [0.25, 0.3) is 0 Å². The van der Waals surface area contributed by atoms with Gasteiger partial charge in [-0.05, 0) is 25.1 Å². The molecule has 0 fully saturated rings. The predicted octanol–water partition coefficient (Wildman–Crippen LogP) is 1.97. The highest BCUT2D eigenvalue weighted by Gasteiger charge is 2.14. The lowest BCUT2D eigenvalue weighted by Gasteiger charge is -2.16. The van der Waals surface area contributed by atoms with Crippen molar-refractivity contribution in [1.29, 1.82) is 0 Å². The van der Waals surface area contributed by atoms with Crippen molar-refractivity contribution in [1.82, 2.24) is 4.98 Å². The number of thiazole rings is 1. The molecule has 1 aromatic carbocycles. The van der Waals surface area contributed by atoms with E-state index in [1.165, 1.54) is 30.6 Å². The molecule has 20 heavy (non-hydrogen) atoms. The van der Waals surface area contributed by atoms with E-state index in [0.717, 1.165) is 4.88 Å². The number of anilines is 1. The zero-order valence-corrected chi connectivity index (χ0v) is 12.7. The van der Waals surface area contributed by atoms with E-state index in [-0.39, 0.29) is 10.9 Å². The van der Waals surface area contributed by atoms with Crippen molar-refractivity contribution in [3.05, 3.63) is 34.8 Å². The number of methoxy groups -OCH3 is 1. The van der Waals surface area contributed by atoms with Crippen molar-refractivity contribution in [3.63, 3.8) is 0 Å². The summed E-state index contributed by atoms with van der Waals surface area (Å²) in [6.45, 7) is 1.95. The molecule has 0 spiro atoms. The Kier molecular flexibility index (Phi) is 4.26. The highest BCUT2D eigenvalue weighted by Crippen LogP contribution is 2.31. The molecule has 1 unspecified atom stereocenters. The first-order valence-electron chi connectivity index (χ1n) is 5.77. The molecule has 1 aromatic heterocycles. The smallest absolute Gasteiger partial charge is 0.238 e. The Balaban J connectivity index is 2.34. The lowest BCUT2D eigenvalue weighted by atomic mass is 10.2. The van der Waals surface area contributed by atoms with Crippen LogP contribution in [0.5, 0.6) is 5.75 Å². The minimum Gasteiger partial charge on any atom is -0.495 e. The third-order valence-electron chi connectivity index (χ3n) is 2.75. The van der Waals surface area contributed by atoms with Gasteiger partial charge in [-0.25, -0.2) is 13.6 Å². The van der Waals surface area contributed by atoms with Gasteiger partial charge >= 0.3 is 0 Å². The number of sulfonamides is 1. The summed E-state index contributed by atoms with van der Waals surface area (Å²) in [6, 6.07) is 4.43. The van der Waals surface area contributed by atoms with Crippen molar-refractivity contribution in [2.75, 3.05) is 12.4 Å². The summed E-state index contributed by atoms with van der Waals surface area (Å²) in [7, 11) is -2.22. The van der Waals surface area contributed by atoms with E-state index >= 15 is 0 Å². The first-order chi connectivity index (χ1) is 9.41. The van der Waals surface area contributed by atoms with Gasteiger partial charge < -0.3 is 10.1 Å². The molecule has 0 amide bonds. The maximum absolute atomic E-state index is 11.4. The monoisotopic (exact) mass is 313 g/mol. The molecule has 8 heteroatoms. The Bertz CT molecular complexity index is 684. The van der Waals surface area contributed by atoms with Crippen LogP contribution in [0.15, 0.2) is 34.8 Å². The van der Waals surface area contributed by atoms with Gasteiger partial charge in [0.15, 0.2) is 0 Å². The van der Waals surface area contributed by atoms with Crippen molar-refractivity contribution in [2.45, 2.75) is 17.9 Å². The lowest BCUT2D eigenvalue weighted by molar-refractivity contribution is 0.415. The number of ether oxygens (including phenoxy) is 1. The summed E-state index contributed by atoms with van der Waals surface area (Å²) in [5.41, 5.74) is 2.31. The molecule has 3 N–H and O–H groups in total. The number of nitrogens with two attached hydrogens (primary N) is 1. The molecule has 0 aliphatic heterocycles. The summed E-state index contributed by atoms with van der Waals surface area (Å²) in [5, 5.41) is 8.34. The first kappa shape index (κ1) is 14.8. The Morgan fingerprint density at radius 1 is 1.45 bits per heavy atom. The molecule has 1 heterocycles. The number of hydrogen-bond donors (Lipinski definition) is 2. The van der Waals surface area contributed by atoms with Crippen LogP contribution in [0.1, 0.15) is 17.8 Å². The average Bonchev–Trinajstić information content (AvgIpc) is 2.91. The van der Waals surface area contributed by atoms with Crippen LogP contribution in [0.2, 0.25) is 0 Å². The number of rotatable bonds is 5. The standard InChI is InChI=1S/C12H15N3O3S2/c1-8(12-6-14-7-19-12)15-10-5-9(20(13,16)17)3-4-11(10)18-2/h3-8,15H,1-2H3,(H2,13,16,17). The van der Waals surface area contributed by atoms with Gasteiger partial charge in [0.05, 0.1) is 29.2 Å². The van der Waals surface area contributed by atoms with E-state index in [9.17, 15) is 8.42 Å². The van der Waals surface area contributed by atoms with E-state index in [0.29, 0.717) is 11.4 Å². The van der Waals surface area contributed by atoms with E-state index in [1.54, 1.807) is 17.8 Å². The number of benzene rings is 1. The predicted molar refractivity (Wildman–Crippen MR) is 78.5 cm³/mol. The Morgan fingerprint density at radius 3 is 2.75 bits per heavy atom. The van der Waals surface area contributed by atoms with Crippen LogP contribution < -0.4 is 15.2 Å². The van der Waals surface area contributed by atoms with Gasteiger partial charge in [-0.2, -0.15) is 0 Å².